The van der Waals surface area contributed by atoms with Gasteiger partial charge in [-0.1, -0.05) is 13.3 Å². The largest absolute Gasteiger partial charge is 0.498 e. The van der Waals surface area contributed by atoms with E-state index in [4.69, 9.17) is 24.5 Å². The molecule has 2 aliphatic heterocycles. The molecule has 3 aliphatic rings. The van der Waals surface area contributed by atoms with Crippen LogP contribution in [0.25, 0.3) is 0 Å². The highest BCUT2D eigenvalue weighted by molar-refractivity contribution is 6.09. The van der Waals surface area contributed by atoms with Crippen molar-refractivity contribution in [2.45, 2.75) is 43.9 Å². The number of methoxy groups -OCH3 is 1. The molecule has 0 saturated carbocycles. The van der Waals surface area contributed by atoms with E-state index in [2.05, 4.69) is 12.1 Å². The van der Waals surface area contributed by atoms with Crippen LogP contribution in [0.3, 0.4) is 0 Å². The molecule has 124 valence electrons. The molecule has 0 unspecified atom stereocenters. The number of hydrogen-bond acceptors (Lipinski definition) is 7. The Morgan fingerprint density at radius 1 is 1.52 bits per heavy atom. The van der Waals surface area contributed by atoms with Gasteiger partial charge in [-0.2, -0.15) is 0 Å². The van der Waals surface area contributed by atoms with Crippen LogP contribution in [0.1, 0.15) is 48.3 Å². The zero-order valence-corrected chi connectivity index (χ0v) is 13.2. The molecule has 0 aromatic carbocycles. The van der Waals surface area contributed by atoms with Gasteiger partial charge in [0, 0.05) is 5.92 Å². The minimum absolute atomic E-state index is 0.147. The van der Waals surface area contributed by atoms with Crippen molar-refractivity contribution in [2.24, 2.45) is 11.7 Å². The second-order valence-electron chi connectivity index (χ2n) is 6.25. The van der Waals surface area contributed by atoms with Gasteiger partial charge >= 0.3 is 0 Å². The molecular formula is C16H20N2O5. The van der Waals surface area contributed by atoms with Gasteiger partial charge < -0.3 is 24.5 Å². The van der Waals surface area contributed by atoms with E-state index < -0.39 is 11.6 Å². The average Bonchev–Trinajstić information content (AvgIpc) is 3.24. The van der Waals surface area contributed by atoms with Crippen LogP contribution >= 0.6 is 0 Å². The van der Waals surface area contributed by atoms with Crippen molar-refractivity contribution in [1.82, 2.24) is 5.16 Å². The number of nitrogens with two attached hydrogens (primary N) is 1. The van der Waals surface area contributed by atoms with Gasteiger partial charge in [-0.25, -0.2) is 0 Å². The fourth-order valence-electron chi connectivity index (χ4n) is 3.88. The number of rotatable bonds is 5. The topological polar surface area (TPSA) is 96.8 Å². The van der Waals surface area contributed by atoms with Crippen LogP contribution < -0.4 is 10.5 Å². The number of nitrogens with zero attached hydrogens (tertiary/aromatic N) is 1. The number of ether oxygens (including phenoxy) is 3. The number of ketones is 1. The van der Waals surface area contributed by atoms with Crippen LogP contribution in [0.15, 0.2) is 16.4 Å². The third kappa shape index (κ3) is 1.77. The van der Waals surface area contributed by atoms with E-state index in [9.17, 15) is 4.79 Å². The van der Waals surface area contributed by atoms with E-state index in [0.717, 1.165) is 12.8 Å². The van der Waals surface area contributed by atoms with Crippen molar-refractivity contribution in [3.05, 3.63) is 23.2 Å². The molecule has 23 heavy (non-hydrogen) atoms. The molecule has 2 bridgehead atoms. The molecule has 1 aromatic heterocycles. The van der Waals surface area contributed by atoms with Gasteiger partial charge in [0.2, 0.25) is 5.78 Å². The number of Topliss-reactive ketones (excluding diaryl/α,β-unsaturated/α-hetero) is 1. The maximum Gasteiger partial charge on any atom is 0.265 e. The predicted octanol–water partition coefficient (Wildman–Crippen LogP) is 1.74. The summed E-state index contributed by atoms with van der Waals surface area (Å²) in [4.78, 5) is 13.2. The Morgan fingerprint density at radius 2 is 2.35 bits per heavy atom. The van der Waals surface area contributed by atoms with Gasteiger partial charge in [0.05, 0.1) is 25.9 Å². The molecule has 1 fully saturated rings. The summed E-state index contributed by atoms with van der Waals surface area (Å²) in [5.41, 5.74) is 5.50. The second kappa shape index (κ2) is 5.07. The fourth-order valence-corrected chi connectivity index (χ4v) is 3.88. The Morgan fingerprint density at radius 3 is 3.09 bits per heavy atom. The highest BCUT2D eigenvalue weighted by Gasteiger charge is 2.67. The summed E-state index contributed by atoms with van der Waals surface area (Å²) in [6, 6.07) is -0.470. The van der Waals surface area contributed by atoms with E-state index >= 15 is 0 Å². The Labute approximate surface area is 133 Å². The molecule has 4 atom stereocenters. The lowest BCUT2D eigenvalue weighted by Gasteiger charge is -2.38. The van der Waals surface area contributed by atoms with Gasteiger partial charge in [-0.15, -0.1) is 0 Å². The minimum atomic E-state index is -1.15. The molecule has 7 heteroatoms. The molecule has 1 saturated heterocycles. The van der Waals surface area contributed by atoms with Crippen molar-refractivity contribution >= 4 is 5.78 Å². The summed E-state index contributed by atoms with van der Waals surface area (Å²) < 4.78 is 22.4. The van der Waals surface area contributed by atoms with E-state index in [-0.39, 0.29) is 23.7 Å². The summed E-state index contributed by atoms with van der Waals surface area (Å²) in [7, 11) is 1.54. The third-order valence-corrected chi connectivity index (χ3v) is 4.99. The van der Waals surface area contributed by atoms with E-state index in [1.54, 1.807) is 7.11 Å². The number of hydrogen-bond donors (Lipinski definition) is 1. The fraction of sp³-hybridized carbons (Fsp3) is 0.625. The zero-order chi connectivity index (χ0) is 16.2. The van der Waals surface area contributed by atoms with Gasteiger partial charge in [0.15, 0.2) is 11.4 Å². The molecule has 1 aromatic rings. The van der Waals surface area contributed by atoms with Crippen molar-refractivity contribution in [3.8, 4) is 5.88 Å². The molecule has 4 rings (SSSR count). The summed E-state index contributed by atoms with van der Waals surface area (Å²) in [6.07, 6.45) is 4.24. The monoisotopic (exact) mass is 320 g/mol. The average molecular weight is 320 g/mol. The molecule has 1 spiro atoms. The lowest BCUT2D eigenvalue weighted by Crippen LogP contribution is -2.52. The molecule has 2 N–H and O–H groups in total. The van der Waals surface area contributed by atoms with Gasteiger partial charge in [-0.05, 0) is 24.1 Å². The van der Waals surface area contributed by atoms with Crippen molar-refractivity contribution < 1.29 is 23.5 Å². The third-order valence-electron chi connectivity index (χ3n) is 4.99. The Bertz CT molecular complexity index is 682. The van der Waals surface area contributed by atoms with E-state index in [1.807, 2.05) is 6.08 Å². The molecule has 7 nitrogen and oxygen atoms in total. The maximum atomic E-state index is 13.2. The van der Waals surface area contributed by atoms with Crippen LogP contribution in [0.2, 0.25) is 0 Å². The number of unbranched alkanes of at least 4 members (excludes halogenated alkanes) is 1. The van der Waals surface area contributed by atoms with Crippen LogP contribution in [0.4, 0.5) is 0 Å². The summed E-state index contributed by atoms with van der Waals surface area (Å²) in [6.45, 7) is 2.54. The standard InChI is InChI=1S/C16H20N2O5/c1-3-4-5-21-15-11-13(23-18-15)12(17)9-6-8-7-10(20-2)16(9,22-8)14(11)19/h7-9,12H,3-6,17H2,1-2H3/t8-,9+,12+,16+/m1/s1. The van der Waals surface area contributed by atoms with E-state index in [1.165, 1.54) is 0 Å². The minimum Gasteiger partial charge on any atom is -0.498 e. The first-order chi connectivity index (χ1) is 11.1. The summed E-state index contributed by atoms with van der Waals surface area (Å²) in [5.74, 6) is 0.703. The second-order valence-corrected chi connectivity index (χ2v) is 6.25. The van der Waals surface area contributed by atoms with Crippen LogP contribution in [-0.4, -0.2) is 36.4 Å². The van der Waals surface area contributed by atoms with Gasteiger partial charge in [0.25, 0.3) is 5.88 Å². The number of carbonyl (C=O) groups is 1. The van der Waals surface area contributed by atoms with Gasteiger partial charge in [-0.3, -0.25) is 4.79 Å². The van der Waals surface area contributed by atoms with E-state index in [0.29, 0.717) is 30.1 Å². The zero-order valence-electron chi connectivity index (χ0n) is 13.2. The maximum absolute atomic E-state index is 13.2. The summed E-state index contributed by atoms with van der Waals surface area (Å²) >= 11 is 0. The van der Waals surface area contributed by atoms with Crippen LogP contribution in [0, 0.1) is 5.92 Å². The first-order valence-corrected chi connectivity index (χ1v) is 8.00. The van der Waals surface area contributed by atoms with Crippen molar-refractivity contribution in [1.29, 1.82) is 0 Å². The highest BCUT2D eigenvalue weighted by atomic mass is 16.6. The quantitative estimate of drug-likeness (QED) is 0.825. The number of fused-ring (bicyclic) bond motifs is 2. The molecule has 1 aliphatic carbocycles. The van der Waals surface area contributed by atoms with Crippen molar-refractivity contribution in [2.75, 3.05) is 13.7 Å². The van der Waals surface area contributed by atoms with Crippen LogP contribution in [-0.2, 0) is 9.47 Å². The number of aromatic nitrogens is 1. The Balaban J connectivity index is 1.76. The Kier molecular flexibility index (Phi) is 3.24. The van der Waals surface area contributed by atoms with Crippen molar-refractivity contribution in [3.63, 3.8) is 0 Å². The number of carbonyl (C=O) groups excluding carboxylic acids is 1. The summed E-state index contributed by atoms with van der Waals surface area (Å²) in [5, 5.41) is 3.91. The molecule has 3 heterocycles. The molecule has 0 radical (unpaired) electrons. The lowest BCUT2D eigenvalue weighted by molar-refractivity contribution is -0.0187. The SMILES string of the molecule is CCCCOc1noc2c1C(=O)[C@@]13O[C@@H](C=C1OC)C[C@H]3[C@@H]2N. The molecular weight excluding hydrogens is 300 g/mol. The van der Waals surface area contributed by atoms with Crippen LogP contribution in [0.5, 0.6) is 5.88 Å². The normalized spacial score (nSPS) is 34.1. The van der Waals surface area contributed by atoms with Gasteiger partial charge in [0.1, 0.15) is 11.3 Å². The smallest absolute Gasteiger partial charge is 0.265 e. The molecule has 0 amide bonds. The Hall–Kier alpha value is -1.86. The first kappa shape index (κ1) is 14.7. The highest BCUT2D eigenvalue weighted by Crippen LogP contribution is 2.57. The predicted molar refractivity (Wildman–Crippen MR) is 79.0 cm³/mol. The lowest BCUT2D eigenvalue weighted by atomic mass is 9.68. The first-order valence-electron chi connectivity index (χ1n) is 8.00.